The third kappa shape index (κ3) is 5.00. The van der Waals surface area contributed by atoms with Gasteiger partial charge in [0.1, 0.15) is 10.0 Å². The van der Waals surface area contributed by atoms with Gasteiger partial charge in [-0.3, -0.25) is 24.6 Å². The molecular weight excluding hydrogens is 434 g/mol. The Morgan fingerprint density at radius 3 is 2.66 bits per heavy atom. The minimum atomic E-state index is -0.572. The van der Waals surface area contributed by atoms with E-state index in [0.29, 0.717) is 19.8 Å². The lowest BCUT2D eigenvalue weighted by Crippen LogP contribution is -2.31. The molecular formula is C19H14ClN3O4S2. The first-order valence-corrected chi connectivity index (χ1v) is 10.0. The predicted octanol–water partition coefficient (Wildman–Crippen LogP) is 4.48. The zero-order valence-electron chi connectivity index (χ0n) is 14.8. The van der Waals surface area contributed by atoms with Crippen molar-refractivity contribution in [3.8, 4) is 0 Å². The fraction of sp³-hybridized carbons (Fsp3) is 0.105. The normalized spacial score (nSPS) is 15.1. The van der Waals surface area contributed by atoms with Crippen molar-refractivity contribution in [1.82, 2.24) is 4.90 Å². The third-order valence-electron chi connectivity index (χ3n) is 4.00. The summed E-state index contributed by atoms with van der Waals surface area (Å²) in [6, 6.07) is 13.0. The molecule has 2 amide bonds. The van der Waals surface area contributed by atoms with Crippen molar-refractivity contribution in [1.29, 1.82) is 0 Å². The van der Waals surface area contributed by atoms with Crippen molar-refractivity contribution in [2.75, 3.05) is 11.9 Å². The molecule has 3 rings (SSSR count). The third-order valence-corrected chi connectivity index (χ3v) is 5.72. The number of nitrogens with zero attached hydrogens (tertiary/aromatic N) is 2. The molecule has 1 fully saturated rings. The Morgan fingerprint density at radius 1 is 1.24 bits per heavy atom. The number of anilines is 1. The summed E-state index contributed by atoms with van der Waals surface area (Å²) in [7, 11) is 0. The summed E-state index contributed by atoms with van der Waals surface area (Å²) in [4.78, 5) is 37.1. The van der Waals surface area contributed by atoms with Gasteiger partial charge in [0.15, 0.2) is 0 Å². The van der Waals surface area contributed by atoms with Crippen molar-refractivity contribution in [2.24, 2.45) is 0 Å². The molecule has 10 heteroatoms. The Labute approximate surface area is 180 Å². The number of nitro groups is 1. The molecule has 0 aliphatic carbocycles. The number of para-hydroxylation sites is 2. The number of carbonyl (C=O) groups excluding carboxylic acids is 2. The molecule has 1 aliphatic rings. The van der Waals surface area contributed by atoms with E-state index in [0.717, 1.165) is 11.8 Å². The van der Waals surface area contributed by atoms with Gasteiger partial charge < -0.3 is 5.32 Å². The van der Waals surface area contributed by atoms with Crippen LogP contribution in [0.3, 0.4) is 0 Å². The summed E-state index contributed by atoms with van der Waals surface area (Å²) >= 11 is 12.5. The van der Waals surface area contributed by atoms with E-state index in [1.807, 2.05) is 6.07 Å². The van der Waals surface area contributed by atoms with E-state index in [1.54, 1.807) is 30.3 Å². The summed E-state index contributed by atoms with van der Waals surface area (Å²) in [5.41, 5.74) is 0.601. The second-order valence-corrected chi connectivity index (χ2v) is 8.01. The van der Waals surface area contributed by atoms with Crippen LogP contribution in [0.4, 0.5) is 11.4 Å². The number of thiocarbonyl (C=S) groups is 1. The number of thioether (sulfide) groups is 1. The van der Waals surface area contributed by atoms with Crippen molar-refractivity contribution in [3.05, 3.63) is 74.1 Å². The zero-order valence-corrected chi connectivity index (χ0v) is 17.2. The van der Waals surface area contributed by atoms with Gasteiger partial charge in [-0.1, -0.05) is 65.9 Å². The van der Waals surface area contributed by atoms with Gasteiger partial charge >= 0.3 is 0 Å². The monoisotopic (exact) mass is 447 g/mol. The first kappa shape index (κ1) is 21.0. The number of rotatable bonds is 6. The molecule has 1 saturated heterocycles. The maximum atomic E-state index is 12.6. The van der Waals surface area contributed by atoms with Crippen LogP contribution in [0.5, 0.6) is 0 Å². The SMILES string of the molecule is O=C(CCN1C(=O)C(=Cc2ccccc2Cl)SC1=S)Nc1ccccc1[N+](=O)[O-]. The number of amides is 2. The number of hydrogen-bond donors (Lipinski definition) is 1. The lowest BCUT2D eigenvalue weighted by atomic mass is 10.2. The average molecular weight is 448 g/mol. The van der Waals surface area contributed by atoms with Gasteiger partial charge in [-0.2, -0.15) is 0 Å². The Bertz CT molecular complexity index is 1040. The van der Waals surface area contributed by atoms with E-state index in [-0.39, 0.29) is 30.2 Å². The minimum Gasteiger partial charge on any atom is -0.320 e. The largest absolute Gasteiger partial charge is 0.320 e. The van der Waals surface area contributed by atoms with Crippen LogP contribution in [0.25, 0.3) is 6.08 Å². The summed E-state index contributed by atoms with van der Waals surface area (Å²) in [6.07, 6.45) is 1.60. The topological polar surface area (TPSA) is 92.6 Å². The molecule has 2 aromatic rings. The Morgan fingerprint density at radius 2 is 1.93 bits per heavy atom. The van der Waals surface area contributed by atoms with Crippen LogP contribution in [0.1, 0.15) is 12.0 Å². The smallest absolute Gasteiger partial charge is 0.292 e. The molecule has 0 atom stereocenters. The number of halogens is 1. The highest BCUT2D eigenvalue weighted by Crippen LogP contribution is 2.33. The molecule has 1 heterocycles. The maximum absolute atomic E-state index is 12.6. The van der Waals surface area contributed by atoms with Crippen LogP contribution in [-0.2, 0) is 9.59 Å². The summed E-state index contributed by atoms with van der Waals surface area (Å²) in [6.45, 7) is 0.0665. The Balaban J connectivity index is 1.65. The zero-order chi connectivity index (χ0) is 21.0. The van der Waals surface area contributed by atoms with Crippen molar-refractivity contribution < 1.29 is 14.5 Å². The van der Waals surface area contributed by atoms with E-state index in [4.69, 9.17) is 23.8 Å². The van der Waals surface area contributed by atoms with Gasteiger partial charge in [0, 0.05) is 24.1 Å². The molecule has 0 radical (unpaired) electrons. The standard InChI is InChI=1S/C19H14ClN3O4S2/c20-13-6-2-1-5-12(13)11-16-18(25)22(19(28)29-16)10-9-17(24)21-14-7-3-4-8-15(14)23(26)27/h1-8,11H,9-10H2,(H,21,24). The molecule has 1 N–H and O–H groups in total. The van der Waals surface area contributed by atoms with Gasteiger partial charge in [-0.25, -0.2) is 0 Å². The molecule has 7 nitrogen and oxygen atoms in total. The van der Waals surface area contributed by atoms with Crippen molar-refractivity contribution in [2.45, 2.75) is 6.42 Å². The lowest BCUT2D eigenvalue weighted by Gasteiger charge is -2.14. The van der Waals surface area contributed by atoms with Crippen LogP contribution < -0.4 is 5.32 Å². The highest BCUT2D eigenvalue weighted by molar-refractivity contribution is 8.26. The van der Waals surface area contributed by atoms with Gasteiger partial charge in [0.2, 0.25) is 5.91 Å². The lowest BCUT2D eigenvalue weighted by molar-refractivity contribution is -0.383. The van der Waals surface area contributed by atoms with Gasteiger partial charge in [0.05, 0.1) is 9.83 Å². The van der Waals surface area contributed by atoms with Crippen LogP contribution in [-0.4, -0.2) is 32.5 Å². The van der Waals surface area contributed by atoms with Crippen molar-refractivity contribution >= 4 is 69.2 Å². The predicted molar refractivity (Wildman–Crippen MR) is 118 cm³/mol. The van der Waals surface area contributed by atoms with Gasteiger partial charge in [0.25, 0.3) is 11.6 Å². The number of hydrogen-bond acceptors (Lipinski definition) is 6. The number of carbonyl (C=O) groups is 2. The molecule has 1 aliphatic heterocycles. The molecule has 0 aromatic heterocycles. The molecule has 0 saturated carbocycles. The summed E-state index contributed by atoms with van der Waals surface area (Å²) < 4.78 is 0.340. The first-order valence-electron chi connectivity index (χ1n) is 8.40. The molecule has 148 valence electrons. The Hall–Kier alpha value is -2.75. The number of nitrogens with one attached hydrogen (secondary N) is 1. The molecule has 0 bridgehead atoms. The average Bonchev–Trinajstić information content (AvgIpc) is 2.95. The first-order chi connectivity index (χ1) is 13.9. The summed E-state index contributed by atoms with van der Waals surface area (Å²) in [5, 5.41) is 14.1. The molecule has 29 heavy (non-hydrogen) atoms. The van der Waals surface area contributed by atoms with Crippen LogP contribution in [0.2, 0.25) is 5.02 Å². The second-order valence-electron chi connectivity index (χ2n) is 5.93. The maximum Gasteiger partial charge on any atom is 0.292 e. The van der Waals surface area contributed by atoms with Crippen LogP contribution >= 0.6 is 35.6 Å². The fourth-order valence-electron chi connectivity index (χ4n) is 2.59. The second kappa shape index (κ2) is 9.17. The van der Waals surface area contributed by atoms with Crippen molar-refractivity contribution in [3.63, 3.8) is 0 Å². The van der Waals surface area contributed by atoms with E-state index in [1.165, 1.54) is 23.1 Å². The molecule has 0 spiro atoms. The van der Waals surface area contributed by atoms with Crippen LogP contribution in [0, 0.1) is 10.1 Å². The minimum absolute atomic E-state index is 0.0577. The van der Waals surface area contributed by atoms with Gasteiger partial charge in [-0.05, 0) is 23.8 Å². The van der Waals surface area contributed by atoms with E-state index in [2.05, 4.69) is 5.32 Å². The Kier molecular flexibility index (Phi) is 6.63. The van der Waals surface area contributed by atoms with E-state index < -0.39 is 10.8 Å². The number of benzene rings is 2. The van der Waals surface area contributed by atoms with E-state index in [9.17, 15) is 19.7 Å². The summed E-state index contributed by atoms with van der Waals surface area (Å²) in [5.74, 6) is -0.762. The highest BCUT2D eigenvalue weighted by atomic mass is 35.5. The van der Waals surface area contributed by atoms with E-state index >= 15 is 0 Å². The number of nitro benzene ring substituents is 1. The van der Waals surface area contributed by atoms with Crippen LogP contribution in [0.15, 0.2) is 53.4 Å². The highest BCUT2D eigenvalue weighted by Gasteiger charge is 2.32. The fourth-order valence-corrected chi connectivity index (χ4v) is 4.08. The quantitative estimate of drug-likeness (QED) is 0.304. The molecule has 2 aromatic carbocycles. The molecule has 0 unspecified atom stereocenters. The van der Waals surface area contributed by atoms with Gasteiger partial charge in [-0.15, -0.1) is 0 Å².